The fraction of sp³-hybridized carbons (Fsp3) is 0.556. The fourth-order valence-electron chi connectivity index (χ4n) is 2.56. The zero-order valence-corrected chi connectivity index (χ0v) is 16.5. The topological polar surface area (TPSA) is 108 Å². The highest BCUT2D eigenvalue weighted by Gasteiger charge is 2.29. The van der Waals surface area contributed by atoms with Crippen LogP contribution in [0.4, 0.5) is 0 Å². The van der Waals surface area contributed by atoms with Gasteiger partial charge in [0, 0.05) is 6.04 Å². The van der Waals surface area contributed by atoms with E-state index in [9.17, 15) is 18.0 Å². The lowest BCUT2D eigenvalue weighted by Gasteiger charge is -2.14. The molecule has 0 saturated carbocycles. The Labute approximate surface area is 159 Å². The van der Waals surface area contributed by atoms with Gasteiger partial charge in [-0.15, -0.1) is 0 Å². The third-order valence-electron chi connectivity index (χ3n) is 3.90. The summed E-state index contributed by atoms with van der Waals surface area (Å²) in [7, 11) is -1.62. The van der Waals surface area contributed by atoms with Crippen molar-refractivity contribution in [2.45, 2.75) is 26.3 Å². The lowest BCUT2D eigenvalue weighted by Crippen LogP contribution is -2.38. The molecule has 0 aromatic heterocycles. The summed E-state index contributed by atoms with van der Waals surface area (Å²) in [5.41, 5.74) is 0.222. The Morgan fingerprint density at radius 3 is 2.59 bits per heavy atom. The van der Waals surface area contributed by atoms with Crippen molar-refractivity contribution in [3.63, 3.8) is 0 Å². The number of carbonyl (C=O) groups is 2. The first-order chi connectivity index (χ1) is 12.7. The van der Waals surface area contributed by atoms with E-state index in [4.69, 9.17) is 14.2 Å². The second kappa shape index (κ2) is 9.07. The second-order valence-electron chi connectivity index (χ2n) is 6.81. The molecule has 1 unspecified atom stereocenters. The van der Waals surface area contributed by atoms with Crippen molar-refractivity contribution < 1.29 is 32.2 Å². The predicted octanol–water partition coefficient (Wildman–Crippen LogP) is 1.19. The molecule has 9 heteroatoms. The van der Waals surface area contributed by atoms with Gasteiger partial charge in [-0.3, -0.25) is 4.79 Å². The molecule has 1 aliphatic rings. The molecule has 27 heavy (non-hydrogen) atoms. The van der Waals surface area contributed by atoms with Crippen LogP contribution in [0, 0.1) is 5.92 Å². The first kappa shape index (κ1) is 21.0. The maximum atomic E-state index is 12.1. The average Bonchev–Trinajstić information content (AvgIpc) is 2.95. The normalized spacial score (nSPS) is 18.1. The highest BCUT2D eigenvalue weighted by atomic mass is 32.2. The Bertz CT molecular complexity index is 789. The van der Waals surface area contributed by atoms with Crippen molar-refractivity contribution in [2.24, 2.45) is 5.92 Å². The minimum atomic E-state index is -3.09. The number of amides is 1. The van der Waals surface area contributed by atoms with Gasteiger partial charge in [0.15, 0.2) is 27.9 Å². The smallest absolute Gasteiger partial charge is 0.338 e. The van der Waals surface area contributed by atoms with Gasteiger partial charge in [-0.25, -0.2) is 13.2 Å². The van der Waals surface area contributed by atoms with Gasteiger partial charge < -0.3 is 19.5 Å². The van der Waals surface area contributed by atoms with E-state index in [0.717, 1.165) is 0 Å². The number of methoxy groups -OCH3 is 1. The molecule has 1 aromatic rings. The van der Waals surface area contributed by atoms with Crippen molar-refractivity contribution in [1.82, 2.24) is 5.32 Å². The Balaban J connectivity index is 1.88. The molecule has 1 saturated heterocycles. The third kappa shape index (κ3) is 6.42. The molecule has 1 aromatic carbocycles. The molecule has 2 rings (SSSR count). The second-order valence-corrected chi connectivity index (χ2v) is 9.04. The number of nitrogens with one attached hydrogen (secondary N) is 1. The van der Waals surface area contributed by atoms with Crippen LogP contribution in [-0.4, -0.2) is 58.2 Å². The average molecular weight is 399 g/mol. The van der Waals surface area contributed by atoms with Gasteiger partial charge in [-0.05, 0) is 30.5 Å². The Morgan fingerprint density at radius 2 is 2.00 bits per heavy atom. The van der Waals surface area contributed by atoms with Crippen LogP contribution >= 0.6 is 0 Å². The first-order valence-corrected chi connectivity index (χ1v) is 10.5. The van der Waals surface area contributed by atoms with Gasteiger partial charge in [-0.1, -0.05) is 13.8 Å². The molecular weight excluding hydrogens is 374 g/mol. The molecule has 8 nitrogen and oxygen atoms in total. The molecule has 0 spiro atoms. The number of hydrogen-bond donors (Lipinski definition) is 1. The van der Waals surface area contributed by atoms with Gasteiger partial charge >= 0.3 is 5.97 Å². The quantitative estimate of drug-likeness (QED) is 0.654. The van der Waals surface area contributed by atoms with Gasteiger partial charge in [0.05, 0.1) is 30.8 Å². The lowest BCUT2D eigenvalue weighted by molar-refractivity contribution is -0.124. The number of sulfone groups is 1. The van der Waals surface area contributed by atoms with E-state index in [1.807, 2.05) is 13.8 Å². The maximum Gasteiger partial charge on any atom is 0.338 e. The van der Waals surface area contributed by atoms with E-state index >= 15 is 0 Å². The predicted molar refractivity (Wildman–Crippen MR) is 98.8 cm³/mol. The number of hydrogen-bond acceptors (Lipinski definition) is 7. The number of carbonyl (C=O) groups excluding carboxylic acids is 2. The lowest BCUT2D eigenvalue weighted by atomic mass is 10.2. The highest BCUT2D eigenvalue weighted by Crippen LogP contribution is 2.28. The largest absolute Gasteiger partial charge is 0.493 e. The Hall–Kier alpha value is -2.29. The van der Waals surface area contributed by atoms with Crippen molar-refractivity contribution >= 4 is 21.7 Å². The number of esters is 1. The van der Waals surface area contributed by atoms with Crippen molar-refractivity contribution in [3.8, 4) is 11.5 Å². The third-order valence-corrected chi connectivity index (χ3v) is 5.67. The standard InChI is InChI=1S/C18H25NO7S/c1-12(2)9-25-15-5-4-13(8-16(15)24-3)18(21)26-10-17(20)19-14-6-7-27(22,23)11-14/h4-5,8,12,14H,6-7,9-11H2,1-3H3,(H,19,20). The van der Waals surface area contributed by atoms with Crippen LogP contribution in [0.25, 0.3) is 0 Å². The van der Waals surface area contributed by atoms with Crippen molar-refractivity contribution in [1.29, 1.82) is 0 Å². The minimum Gasteiger partial charge on any atom is -0.493 e. The minimum absolute atomic E-state index is 0.0583. The van der Waals surface area contributed by atoms with E-state index in [2.05, 4.69) is 5.32 Å². The van der Waals surface area contributed by atoms with Crippen LogP contribution in [0.2, 0.25) is 0 Å². The molecule has 1 amide bonds. The van der Waals surface area contributed by atoms with Crippen LogP contribution in [0.15, 0.2) is 18.2 Å². The molecule has 1 atom stereocenters. The summed E-state index contributed by atoms with van der Waals surface area (Å²) in [5, 5.41) is 2.56. The Morgan fingerprint density at radius 1 is 1.26 bits per heavy atom. The summed E-state index contributed by atoms with van der Waals surface area (Å²) in [4.78, 5) is 24.0. The highest BCUT2D eigenvalue weighted by molar-refractivity contribution is 7.91. The van der Waals surface area contributed by atoms with E-state index in [1.165, 1.54) is 19.2 Å². The molecule has 0 radical (unpaired) electrons. The van der Waals surface area contributed by atoms with E-state index in [-0.39, 0.29) is 17.1 Å². The fourth-order valence-corrected chi connectivity index (χ4v) is 4.24. The molecule has 150 valence electrons. The van der Waals surface area contributed by atoms with Gasteiger partial charge in [0.25, 0.3) is 5.91 Å². The van der Waals surface area contributed by atoms with E-state index < -0.39 is 34.4 Å². The summed E-state index contributed by atoms with van der Waals surface area (Å²) in [6.45, 7) is 4.06. The molecule has 0 bridgehead atoms. The number of ether oxygens (including phenoxy) is 3. The van der Waals surface area contributed by atoms with Crippen molar-refractivity contribution in [3.05, 3.63) is 23.8 Å². The summed E-state index contributed by atoms with van der Waals surface area (Å²) in [6, 6.07) is 4.20. The molecule has 1 fully saturated rings. The summed E-state index contributed by atoms with van der Waals surface area (Å²) in [5.74, 6) is 0.0124. The molecular formula is C18H25NO7S. The van der Waals surface area contributed by atoms with Crippen LogP contribution < -0.4 is 14.8 Å². The van der Waals surface area contributed by atoms with Crippen LogP contribution in [0.1, 0.15) is 30.6 Å². The zero-order valence-electron chi connectivity index (χ0n) is 15.7. The SMILES string of the molecule is COc1cc(C(=O)OCC(=O)NC2CCS(=O)(=O)C2)ccc1OCC(C)C. The molecule has 1 N–H and O–H groups in total. The molecule has 0 aliphatic carbocycles. The van der Waals surface area contributed by atoms with Gasteiger partial charge in [-0.2, -0.15) is 0 Å². The van der Waals surface area contributed by atoms with Gasteiger partial charge in [0.1, 0.15) is 0 Å². The summed E-state index contributed by atoms with van der Waals surface area (Å²) in [6.07, 6.45) is 0.372. The Kier molecular flexibility index (Phi) is 7.06. The van der Waals surface area contributed by atoms with E-state index in [1.54, 1.807) is 6.07 Å². The number of rotatable bonds is 8. The maximum absolute atomic E-state index is 12.1. The zero-order chi connectivity index (χ0) is 20.0. The molecule has 1 heterocycles. The monoisotopic (exact) mass is 399 g/mol. The molecule has 1 aliphatic heterocycles. The van der Waals surface area contributed by atoms with Crippen LogP contribution in [0.5, 0.6) is 11.5 Å². The first-order valence-electron chi connectivity index (χ1n) is 8.68. The number of benzene rings is 1. The summed E-state index contributed by atoms with van der Waals surface area (Å²) < 4.78 is 38.6. The van der Waals surface area contributed by atoms with Crippen molar-refractivity contribution in [2.75, 3.05) is 31.8 Å². The van der Waals surface area contributed by atoms with Crippen LogP contribution in [-0.2, 0) is 19.4 Å². The van der Waals surface area contributed by atoms with E-state index in [0.29, 0.717) is 30.4 Å². The summed E-state index contributed by atoms with van der Waals surface area (Å²) >= 11 is 0. The van der Waals surface area contributed by atoms with Crippen LogP contribution in [0.3, 0.4) is 0 Å². The van der Waals surface area contributed by atoms with Gasteiger partial charge in [0.2, 0.25) is 0 Å².